The highest BCUT2D eigenvalue weighted by molar-refractivity contribution is 6.02. The van der Waals surface area contributed by atoms with Crippen molar-refractivity contribution in [3.63, 3.8) is 0 Å². The maximum Gasteiger partial charge on any atom is 0.408 e. The second-order valence-electron chi connectivity index (χ2n) is 21.6. The van der Waals surface area contributed by atoms with Gasteiger partial charge in [0.05, 0.1) is 5.56 Å². The van der Waals surface area contributed by atoms with Crippen molar-refractivity contribution in [2.24, 2.45) is 22.9 Å². The summed E-state index contributed by atoms with van der Waals surface area (Å²) in [6.45, 7) is 0.404. The minimum atomic E-state index is -1.84. The van der Waals surface area contributed by atoms with Crippen LogP contribution < -0.4 is 91.7 Å². The lowest BCUT2D eigenvalue weighted by Gasteiger charge is -2.37. The van der Waals surface area contributed by atoms with Crippen molar-refractivity contribution in [1.82, 2.24) is 53.4 Å². The Morgan fingerprint density at radius 3 is 1.27 bits per heavy atom. The van der Waals surface area contributed by atoms with E-state index in [0.29, 0.717) is 11.1 Å². The van der Waals surface area contributed by atoms with E-state index in [1.807, 2.05) is 0 Å². The molecule has 2 heterocycles. The lowest BCUT2D eigenvalue weighted by molar-refractivity contribution is -0.128. The molecule has 0 saturated heterocycles. The Kier molecular flexibility index (Phi) is 25.2. The number of esters is 1. The second kappa shape index (κ2) is 33.9. The third-order valence-electron chi connectivity index (χ3n) is 14.7. The van der Waals surface area contributed by atoms with E-state index in [1.54, 1.807) is 72.8 Å². The van der Waals surface area contributed by atoms with Crippen LogP contribution >= 0.6 is 0 Å². The molecule has 32 heteroatoms. The number of ether oxygens (including phenoxy) is 4. The molecule has 7 amide bonds. The zero-order valence-electron chi connectivity index (χ0n) is 51.4. The van der Waals surface area contributed by atoms with Gasteiger partial charge in [0.1, 0.15) is 48.9 Å². The molecule has 7 rings (SSSR count). The fraction of sp³-hybridized carbons (Fsp3) is 0.323. The number of benzene rings is 5. The van der Waals surface area contributed by atoms with Crippen LogP contribution in [0.2, 0.25) is 0 Å². The average Bonchev–Trinajstić information content (AvgIpc) is 1.46. The molecule has 4 unspecified atom stereocenters. The standard InChI is InChI=1S/C62H78N20O12/c1-71-82-50(83)37-20-23-40-43(30-37)62(94-55(40)88)41-24-21-38(76-51(84)44(16-8-26-72-56(63)64)78-53(86)46(18-10-28-74-58(67)68)80-60(89)91-33-35-12-4-2-5-13-35)31-48(41)93-49-32-39(22-25-42(49)62)77-52(85)45(17-9-27-73-57(65)66)79-54(87)47(19-11-29-75-59(69)70)81-61(90)92-34-36-14-6-3-7-15-36/h2-7,12-15,20-25,30-32,44-47,71H,8-11,16-19,26-29,33-34H2,1H3,(H,76,84)(H,77,85)(H,78,86)(H,79,87)(H,80,89)(H,81,90)(H,82,83)(H4,63,64,72)(H4,65,66,73)(H4,67,68,74)(H4,69,70,75). The van der Waals surface area contributed by atoms with E-state index >= 15 is 0 Å². The highest BCUT2D eigenvalue weighted by Crippen LogP contribution is 2.57. The fourth-order valence-electron chi connectivity index (χ4n) is 10.2. The molecule has 498 valence electrons. The first-order valence-electron chi connectivity index (χ1n) is 29.9. The van der Waals surface area contributed by atoms with Crippen molar-refractivity contribution in [3.8, 4) is 11.5 Å². The van der Waals surface area contributed by atoms with Crippen LogP contribution in [0.5, 0.6) is 11.5 Å². The van der Waals surface area contributed by atoms with Crippen molar-refractivity contribution in [1.29, 1.82) is 21.6 Å². The van der Waals surface area contributed by atoms with Crippen LogP contribution in [0.25, 0.3) is 0 Å². The van der Waals surface area contributed by atoms with E-state index in [1.165, 1.54) is 49.5 Å². The van der Waals surface area contributed by atoms with Gasteiger partial charge in [0, 0.05) is 79.0 Å². The van der Waals surface area contributed by atoms with Gasteiger partial charge in [-0.2, -0.15) is 0 Å². The molecular formula is C62H78N20O12. The summed E-state index contributed by atoms with van der Waals surface area (Å²) in [6, 6.07) is 26.0. The molecule has 4 atom stereocenters. The molecule has 5 aromatic carbocycles. The summed E-state index contributed by atoms with van der Waals surface area (Å²) in [5.41, 5.74) is 27.9. The summed E-state index contributed by atoms with van der Waals surface area (Å²) in [7, 11) is 1.50. The number of rotatable bonds is 32. The molecule has 2 aliphatic heterocycles. The molecule has 5 aromatic rings. The number of carbonyl (C=O) groups excluding carboxylic acids is 8. The van der Waals surface area contributed by atoms with E-state index in [4.69, 9.17) is 63.5 Å². The highest BCUT2D eigenvalue weighted by atomic mass is 16.6. The smallest absolute Gasteiger partial charge is 0.408 e. The first-order chi connectivity index (χ1) is 45.1. The number of fused-ring (bicyclic) bond motifs is 6. The maximum absolute atomic E-state index is 14.6. The molecule has 0 aliphatic carbocycles. The Hall–Kier alpha value is -11.7. The largest absolute Gasteiger partial charge is 0.456 e. The number of anilines is 2. The minimum absolute atomic E-state index is 0.0153. The summed E-state index contributed by atoms with van der Waals surface area (Å²) < 4.78 is 23.9. The van der Waals surface area contributed by atoms with E-state index in [0.717, 1.165) is 0 Å². The Balaban J connectivity index is 1.19. The van der Waals surface area contributed by atoms with Gasteiger partial charge < -0.3 is 95.1 Å². The number of nitrogens with two attached hydrogens (primary N) is 4. The normalized spacial score (nSPS) is 14.3. The van der Waals surface area contributed by atoms with E-state index < -0.39 is 77.5 Å². The van der Waals surface area contributed by atoms with Crippen molar-refractivity contribution in [2.45, 2.75) is 94.3 Å². The van der Waals surface area contributed by atoms with Gasteiger partial charge in [-0.25, -0.2) is 19.8 Å². The van der Waals surface area contributed by atoms with Gasteiger partial charge in [0.2, 0.25) is 23.6 Å². The Bertz CT molecular complexity index is 3410. The summed E-state index contributed by atoms with van der Waals surface area (Å²) in [4.78, 5) is 111. The topological polar surface area (TPSA) is 517 Å². The summed E-state index contributed by atoms with van der Waals surface area (Å²) in [6.07, 6.45) is -0.924. The predicted octanol–water partition coefficient (Wildman–Crippen LogP) is 1.61. The van der Waals surface area contributed by atoms with Crippen molar-refractivity contribution in [2.75, 3.05) is 43.9 Å². The number of guanidine groups is 4. The van der Waals surface area contributed by atoms with Crippen LogP contribution in [0.15, 0.2) is 115 Å². The summed E-state index contributed by atoms with van der Waals surface area (Å²) >= 11 is 0. The summed E-state index contributed by atoms with van der Waals surface area (Å²) in [5.74, 6) is -5.52. The number of amides is 7. The Morgan fingerprint density at radius 2 is 0.883 bits per heavy atom. The lowest BCUT2D eigenvalue weighted by Crippen LogP contribution is -2.53. The average molecular weight is 1300 g/mol. The fourth-order valence-corrected chi connectivity index (χ4v) is 10.2. The first kappa shape index (κ1) is 69.8. The molecule has 2 aliphatic rings. The van der Waals surface area contributed by atoms with Crippen LogP contribution in [0.4, 0.5) is 21.0 Å². The second-order valence-corrected chi connectivity index (χ2v) is 21.6. The lowest BCUT2D eigenvalue weighted by atomic mass is 9.77. The third-order valence-corrected chi connectivity index (χ3v) is 14.7. The van der Waals surface area contributed by atoms with Crippen molar-refractivity contribution < 1.29 is 57.3 Å². The number of hydrazine groups is 1. The number of alkyl carbamates (subject to hydrolysis) is 2. The van der Waals surface area contributed by atoms with Gasteiger partial charge in [0.25, 0.3) is 5.91 Å². The molecular weight excluding hydrogens is 1220 g/mol. The van der Waals surface area contributed by atoms with Crippen LogP contribution in [0, 0.1) is 21.6 Å². The van der Waals surface area contributed by atoms with Crippen LogP contribution in [-0.2, 0) is 52.2 Å². The van der Waals surface area contributed by atoms with Crippen molar-refractivity contribution in [3.05, 3.63) is 154 Å². The summed E-state index contributed by atoms with van der Waals surface area (Å²) in [5, 5.41) is 57.4. The highest BCUT2D eigenvalue weighted by Gasteiger charge is 2.54. The minimum Gasteiger partial charge on any atom is -0.456 e. The number of hydrogen-bond donors (Lipinski definition) is 20. The monoisotopic (exact) mass is 1290 g/mol. The Morgan fingerprint density at radius 1 is 0.489 bits per heavy atom. The van der Waals surface area contributed by atoms with Crippen LogP contribution in [-0.4, -0.2) is 129 Å². The van der Waals surface area contributed by atoms with E-state index in [2.05, 4.69) is 64.0 Å². The maximum atomic E-state index is 14.6. The predicted molar refractivity (Wildman–Crippen MR) is 346 cm³/mol. The van der Waals surface area contributed by atoms with Crippen molar-refractivity contribution >= 4 is 82.9 Å². The van der Waals surface area contributed by atoms with E-state index in [-0.39, 0.29) is 165 Å². The third kappa shape index (κ3) is 19.9. The molecule has 0 radical (unpaired) electrons. The van der Waals surface area contributed by atoms with Gasteiger partial charge in [0.15, 0.2) is 29.4 Å². The van der Waals surface area contributed by atoms with Gasteiger partial charge >= 0.3 is 18.2 Å². The van der Waals surface area contributed by atoms with Crippen LogP contribution in [0.3, 0.4) is 0 Å². The van der Waals surface area contributed by atoms with Gasteiger partial charge in [-0.05, 0) is 105 Å². The number of nitrogens with one attached hydrogen (secondary N) is 16. The van der Waals surface area contributed by atoms with Gasteiger partial charge in [-0.3, -0.25) is 51.0 Å². The Labute approximate surface area is 540 Å². The molecule has 0 saturated carbocycles. The first-order valence-corrected chi connectivity index (χ1v) is 29.9. The molecule has 32 nitrogen and oxygen atoms in total. The SMILES string of the molecule is CNNC(=O)c1ccc2c(c1)C1(OC2=O)c2ccc(NC(=O)C(CCCNC(=N)N)NC(=O)C(CCCNC(=N)N)NC(=O)OCc3ccccc3)cc2Oc2cc(NC(=O)C(CCCNC(=N)N)NC(=O)C(CCCNC(=N)N)NC(=O)OCc3ccccc3)ccc21. The molecule has 0 aromatic heterocycles. The van der Waals surface area contributed by atoms with Crippen LogP contribution in [0.1, 0.15) is 99.9 Å². The van der Waals surface area contributed by atoms with E-state index in [9.17, 15) is 38.4 Å². The molecule has 0 fully saturated rings. The number of carbonyl (C=O) groups is 8. The molecule has 94 heavy (non-hydrogen) atoms. The zero-order valence-corrected chi connectivity index (χ0v) is 51.4. The quantitative estimate of drug-likeness (QED) is 0.00726. The molecule has 24 N–H and O–H groups in total. The molecule has 0 bridgehead atoms. The number of hydrogen-bond acceptors (Lipinski definition) is 17. The van der Waals surface area contributed by atoms with Gasteiger partial charge in [-0.15, -0.1) is 0 Å². The van der Waals surface area contributed by atoms with Gasteiger partial charge in [-0.1, -0.05) is 60.7 Å². The zero-order chi connectivity index (χ0) is 67.7. The molecule has 1 spiro atoms.